The van der Waals surface area contributed by atoms with Crippen LogP contribution in [0, 0.1) is 5.92 Å². The van der Waals surface area contributed by atoms with Crippen molar-refractivity contribution in [1.29, 1.82) is 0 Å². The van der Waals surface area contributed by atoms with Gasteiger partial charge in [-0.15, -0.1) is 11.3 Å². The molecule has 1 saturated carbocycles. The van der Waals surface area contributed by atoms with Crippen molar-refractivity contribution < 1.29 is 4.79 Å². The highest BCUT2D eigenvalue weighted by Gasteiger charge is 2.32. The van der Waals surface area contributed by atoms with Crippen molar-refractivity contribution in [3.8, 4) is 0 Å². The van der Waals surface area contributed by atoms with Crippen molar-refractivity contribution in [2.75, 3.05) is 26.2 Å². The fourth-order valence-electron chi connectivity index (χ4n) is 3.45. The van der Waals surface area contributed by atoms with E-state index in [0.29, 0.717) is 5.91 Å². The van der Waals surface area contributed by atoms with Crippen LogP contribution in [0.1, 0.15) is 30.6 Å². The largest absolute Gasteiger partial charge is 0.340 e. The summed E-state index contributed by atoms with van der Waals surface area (Å²) in [7, 11) is 0. The molecule has 0 spiro atoms. The Hall–Kier alpha value is -0.910. The molecular weight excluding hydrogens is 282 g/mol. The van der Waals surface area contributed by atoms with Crippen LogP contribution in [-0.2, 0) is 11.3 Å². The average molecular weight is 307 g/mol. The Labute approximate surface area is 130 Å². The molecule has 1 saturated heterocycles. The lowest BCUT2D eigenvalue weighted by atomic mass is 9.84. The van der Waals surface area contributed by atoms with Crippen molar-refractivity contribution in [2.45, 2.75) is 38.3 Å². The summed E-state index contributed by atoms with van der Waals surface area (Å²) in [5.41, 5.74) is 6.15. The summed E-state index contributed by atoms with van der Waals surface area (Å²) < 4.78 is 0. The van der Waals surface area contributed by atoms with Crippen LogP contribution in [0.2, 0.25) is 0 Å². The molecule has 2 aliphatic rings. The van der Waals surface area contributed by atoms with Gasteiger partial charge in [0.1, 0.15) is 0 Å². The second-order valence-corrected chi connectivity index (χ2v) is 7.27. The molecule has 2 unspecified atom stereocenters. The molecule has 0 bridgehead atoms. The number of nitrogens with two attached hydrogens (primary N) is 1. The van der Waals surface area contributed by atoms with Gasteiger partial charge in [0.05, 0.1) is 5.92 Å². The Kier molecular flexibility index (Phi) is 4.93. The Morgan fingerprint density at radius 1 is 1.24 bits per heavy atom. The monoisotopic (exact) mass is 307 g/mol. The quantitative estimate of drug-likeness (QED) is 0.928. The van der Waals surface area contributed by atoms with Gasteiger partial charge in [-0.25, -0.2) is 0 Å². The fraction of sp³-hybridized carbons (Fsp3) is 0.688. The lowest BCUT2D eigenvalue weighted by Gasteiger charge is -2.38. The molecule has 0 aromatic carbocycles. The lowest BCUT2D eigenvalue weighted by molar-refractivity contribution is -0.139. The van der Waals surface area contributed by atoms with Crippen LogP contribution in [0.3, 0.4) is 0 Å². The van der Waals surface area contributed by atoms with Gasteiger partial charge in [0, 0.05) is 43.6 Å². The van der Waals surface area contributed by atoms with Crippen molar-refractivity contribution in [3.05, 3.63) is 22.4 Å². The fourth-order valence-corrected chi connectivity index (χ4v) is 4.20. The summed E-state index contributed by atoms with van der Waals surface area (Å²) in [6, 6.07) is 4.36. The minimum Gasteiger partial charge on any atom is -0.340 e. The van der Waals surface area contributed by atoms with Gasteiger partial charge in [0.15, 0.2) is 0 Å². The second kappa shape index (κ2) is 6.90. The first-order chi connectivity index (χ1) is 10.2. The minimum atomic E-state index is 0.0718. The van der Waals surface area contributed by atoms with Crippen LogP contribution >= 0.6 is 11.3 Å². The smallest absolute Gasteiger partial charge is 0.227 e. The number of carbonyl (C=O) groups excluding carboxylic acids is 1. The molecule has 4 nitrogen and oxygen atoms in total. The number of thiophene rings is 1. The number of carbonyl (C=O) groups is 1. The molecule has 1 aliphatic carbocycles. The van der Waals surface area contributed by atoms with E-state index >= 15 is 0 Å². The van der Waals surface area contributed by atoms with Crippen LogP contribution in [0.4, 0.5) is 0 Å². The number of rotatable bonds is 3. The third-order valence-corrected chi connectivity index (χ3v) is 5.64. The first-order valence-corrected chi connectivity index (χ1v) is 8.91. The summed E-state index contributed by atoms with van der Waals surface area (Å²) in [5.74, 6) is 0.376. The van der Waals surface area contributed by atoms with Gasteiger partial charge >= 0.3 is 0 Å². The standard InChI is InChI=1S/C16H25N3OS/c17-15-6-2-1-5-14(15)16(20)19-9-7-18(8-10-19)12-13-4-3-11-21-13/h3-4,11,14-15H,1-2,5-10,12,17H2. The van der Waals surface area contributed by atoms with Gasteiger partial charge in [0.25, 0.3) is 0 Å². The van der Waals surface area contributed by atoms with Crippen LogP contribution < -0.4 is 5.73 Å². The molecule has 21 heavy (non-hydrogen) atoms. The van der Waals surface area contributed by atoms with Gasteiger partial charge in [-0.2, -0.15) is 0 Å². The molecular formula is C16H25N3OS. The van der Waals surface area contributed by atoms with E-state index in [-0.39, 0.29) is 12.0 Å². The molecule has 2 fully saturated rings. The zero-order chi connectivity index (χ0) is 14.7. The van der Waals surface area contributed by atoms with Crippen molar-refractivity contribution in [3.63, 3.8) is 0 Å². The summed E-state index contributed by atoms with van der Waals surface area (Å²) in [4.78, 5) is 18.5. The summed E-state index contributed by atoms with van der Waals surface area (Å²) >= 11 is 1.81. The maximum Gasteiger partial charge on any atom is 0.227 e. The van der Waals surface area contributed by atoms with E-state index in [0.717, 1.165) is 52.0 Å². The second-order valence-electron chi connectivity index (χ2n) is 6.24. The van der Waals surface area contributed by atoms with E-state index < -0.39 is 0 Å². The minimum absolute atomic E-state index is 0.0718. The van der Waals surface area contributed by atoms with Crippen LogP contribution in [0.15, 0.2) is 17.5 Å². The van der Waals surface area contributed by atoms with E-state index in [1.165, 1.54) is 11.3 Å². The number of amides is 1. The third kappa shape index (κ3) is 3.65. The van der Waals surface area contributed by atoms with Gasteiger partial charge in [-0.1, -0.05) is 18.9 Å². The lowest BCUT2D eigenvalue weighted by Crippen LogP contribution is -2.52. The van der Waals surface area contributed by atoms with Gasteiger partial charge in [-0.05, 0) is 24.3 Å². The predicted octanol–water partition coefficient (Wildman–Crippen LogP) is 1.91. The Bertz CT molecular complexity index is 454. The maximum atomic E-state index is 12.6. The Morgan fingerprint density at radius 3 is 2.67 bits per heavy atom. The molecule has 1 aromatic rings. The van der Waals surface area contributed by atoms with Crippen LogP contribution in [0.25, 0.3) is 0 Å². The number of nitrogens with zero attached hydrogens (tertiary/aromatic N) is 2. The topological polar surface area (TPSA) is 49.6 Å². The Morgan fingerprint density at radius 2 is 2.00 bits per heavy atom. The molecule has 0 radical (unpaired) electrons. The molecule has 5 heteroatoms. The van der Waals surface area contributed by atoms with E-state index in [4.69, 9.17) is 5.73 Å². The van der Waals surface area contributed by atoms with Crippen molar-refractivity contribution in [1.82, 2.24) is 9.80 Å². The summed E-state index contributed by atoms with van der Waals surface area (Å²) in [6.45, 7) is 4.68. The molecule has 2 atom stereocenters. The molecule has 3 rings (SSSR count). The molecule has 2 N–H and O–H groups in total. The van der Waals surface area contributed by atoms with E-state index in [1.54, 1.807) is 0 Å². The maximum absolute atomic E-state index is 12.6. The Balaban J connectivity index is 1.49. The third-order valence-electron chi connectivity index (χ3n) is 4.78. The van der Waals surface area contributed by atoms with Crippen LogP contribution in [-0.4, -0.2) is 47.9 Å². The van der Waals surface area contributed by atoms with Gasteiger partial charge < -0.3 is 10.6 Å². The van der Waals surface area contributed by atoms with Gasteiger partial charge in [0.2, 0.25) is 5.91 Å². The highest BCUT2D eigenvalue weighted by Crippen LogP contribution is 2.25. The number of piperazine rings is 1. The normalized spacial score (nSPS) is 27.8. The highest BCUT2D eigenvalue weighted by atomic mass is 32.1. The molecule has 1 amide bonds. The molecule has 116 valence electrons. The SMILES string of the molecule is NC1CCCCC1C(=O)N1CCN(Cc2cccs2)CC1. The predicted molar refractivity (Wildman–Crippen MR) is 86.1 cm³/mol. The van der Waals surface area contributed by atoms with E-state index in [1.807, 2.05) is 16.2 Å². The molecule has 1 aliphatic heterocycles. The zero-order valence-corrected chi connectivity index (χ0v) is 13.4. The molecule has 1 aromatic heterocycles. The van der Waals surface area contributed by atoms with Crippen LogP contribution in [0.5, 0.6) is 0 Å². The first kappa shape index (κ1) is 15.0. The molecule has 2 heterocycles. The zero-order valence-electron chi connectivity index (χ0n) is 12.5. The number of hydrogen-bond acceptors (Lipinski definition) is 4. The average Bonchev–Trinajstić information content (AvgIpc) is 3.01. The summed E-state index contributed by atoms with van der Waals surface area (Å²) in [6.07, 6.45) is 4.33. The van der Waals surface area contributed by atoms with E-state index in [2.05, 4.69) is 22.4 Å². The van der Waals surface area contributed by atoms with Crippen molar-refractivity contribution >= 4 is 17.2 Å². The first-order valence-electron chi connectivity index (χ1n) is 8.03. The highest BCUT2D eigenvalue weighted by molar-refractivity contribution is 7.09. The van der Waals surface area contributed by atoms with Crippen molar-refractivity contribution in [2.24, 2.45) is 11.7 Å². The van der Waals surface area contributed by atoms with E-state index in [9.17, 15) is 4.79 Å². The van der Waals surface area contributed by atoms with Gasteiger partial charge in [-0.3, -0.25) is 9.69 Å². The summed E-state index contributed by atoms with van der Waals surface area (Å²) in [5, 5.41) is 2.12. The number of hydrogen-bond donors (Lipinski definition) is 1.